The molecule has 0 fully saturated rings. The van der Waals surface area contributed by atoms with Gasteiger partial charge in [0.1, 0.15) is 0 Å². The third-order valence-electron chi connectivity index (χ3n) is 3.30. The van der Waals surface area contributed by atoms with Gasteiger partial charge >= 0.3 is 0 Å². The summed E-state index contributed by atoms with van der Waals surface area (Å²) in [6, 6.07) is 13.8. The van der Waals surface area contributed by atoms with Gasteiger partial charge in [0.2, 0.25) is 0 Å². The monoisotopic (exact) mass is 361 g/mol. The second kappa shape index (κ2) is 5.54. The number of anilines is 1. The van der Waals surface area contributed by atoms with Crippen LogP contribution in [0.5, 0.6) is 0 Å². The number of nitrogen functional groups attached to an aromatic ring is 1. The number of nitrogens with zero attached hydrogens (tertiary/aromatic N) is 1. The largest absolute Gasteiger partial charge is 0.382 e. The van der Waals surface area contributed by atoms with Gasteiger partial charge in [-0.3, -0.25) is 5.10 Å². The zero-order valence-corrected chi connectivity index (χ0v) is 13.7. The summed E-state index contributed by atoms with van der Waals surface area (Å²) < 4.78 is 0.896. The molecule has 3 N–H and O–H groups in total. The van der Waals surface area contributed by atoms with E-state index in [1.807, 2.05) is 30.3 Å². The molecule has 21 heavy (non-hydrogen) atoms. The second-order valence-corrected chi connectivity index (χ2v) is 6.14. The molecule has 0 aliphatic heterocycles. The Hall–Kier alpha value is -1.78. The maximum absolute atomic E-state index is 6.06. The quantitative estimate of drug-likeness (QED) is 0.670. The van der Waals surface area contributed by atoms with Crippen molar-refractivity contribution in [2.24, 2.45) is 0 Å². The van der Waals surface area contributed by atoms with E-state index in [2.05, 4.69) is 45.2 Å². The first-order valence-corrected chi connectivity index (χ1v) is 7.59. The Morgan fingerprint density at radius 3 is 2.71 bits per heavy atom. The van der Waals surface area contributed by atoms with Crippen LogP contribution in [0.1, 0.15) is 5.56 Å². The molecule has 0 aliphatic carbocycles. The van der Waals surface area contributed by atoms with Gasteiger partial charge in [0.15, 0.2) is 5.82 Å². The number of H-pyrrole nitrogens is 1. The van der Waals surface area contributed by atoms with Crippen molar-refractivity contribution in [3.05, 3.63) is 57.5 Å². The number of nitrogens with one attached hydrogen (secondary N) is 1. The van der Waals surface area contributed by atoms with Gasteiger partial charge in [0, 0.05) is 15.1 Å². The highest BCUT2D eigenvalue weighted by atomic mass is 79.9. The van der Waals surface area contributed by atoms with Crippen LogP contribution in [0.4, 0.5) is 5.82 Å². The minimum Gasteiger partial charge on any atom is -0.382 e. The SMILES string of the molecule is Cc1cccc(-c2c(N)n[nH]c2-c2ccc(Cl)cc2Br)c1. The zero-order chi connectivity index (χ0) is 15.0. The summed E-state index contributed by atoms with van der Waals surface area (Å²) in [7, 11) is 0. The Kier molecular flexibility index (Phi) is 3.74. The van der Waals surface area contributed by atoms with Gasteiger partial charge in [-0.15, -0.1) is 0 Å². The Bertz CT molecular complexity index is 811. The van der Waals surface area contributed by atoms with Crippen LogP contribution in [0.2, 0.25) is 5.02 Å². The minimum atomic E-state index is 0.484. The first kappa shape index (κ1) is 14.2. The van der Waals surface area contributed by atoms with Crippen LogP contribution in [0.25, 0.3) is 22.4 Å². The normalized spacial score (nSPS) is 10.8. The number of aryl methyl sites for hydroxylation is 1. The fraction of sp³-hybridized carbons (Fsp3) is 0.0625. The fourth-order valence-corrected chi connectivity index (χ4v) is 3.22. The molecule has 0 bridgehead atoms. The minimum absolute atomic E-state index is 0.484. The molecule has 0 spiro atoms. The summed E-state index contributed by atoms with van der Waals surface area (Å²) in [5.74, 6) is 0.484. The van der Waals surface area contributed by atoms with Gasteiger partial charge in [0.25, 0.3) is 0 Å². The van der Waals surface area contributed by atoms with E-state index < -0.39 is 0 Å². The molecule has 2 aromatic carbocycles. The molecule has 0 saturated heterocycles. The Balaban J connectivity index is 2.22. The van der Waals surface area contributed by atoms with Crippen molar-refractivity contribution in [3.8, 4) is 22.4 Å². The molecular weight excluding hydrogens is 350 g/mol. The third-order valence-corrected chi connectivity index (χ3v) is 4.19. The van der Waals surface area contributed by atoms with Crippen LogP contribution < -0.4 is 5.73 Å². The average Bonchev–Trinajstić information content (AvgIpc) is 2.80. The van der Waals surface area contributed by atoms with Gasteiger partial charge in [-0.05, 0) is 24.6 Å². The van der Waals surface area contributed by atoms with Crippen molar-refractivity contribution < 1.29 is 0 Å². The predicted molar refractivity (Wildman–Crippen MR) is 91.3 cm³/mol. The summed E-state index contributed by atoms with van der Waals surface area (Å²) in [5.41, 5.74) is 11.0. The molecule has 0 atom stereocenters. The number of rotatable bonds is 2. The average molecular weight is 363 g/mol. The number of hydrogen-bond donors (Lipinski definition) is 2. The summed E-state index contributed by atoms with van der Waals surface area (Å²) in [5, 5.41) is 7.86. The van der Waals surface area contributed by atoms with Crippen LogP contribution in [0, 0.1) is 6.92 Å². The Labute approximate surface area is 136 Å². The van der Waals surface area contributed by atoms with Crippen molar-refractivity contribution in [1.29, 1.82) is 0 Å². The molecule has 0 radical (unpaired) electrons. The lowest BCUT2D eigenvalue weighted by Crippen LogP contribution is -1.89. The van der Waals surface area contributed by atoms with Crippen LogP contribution in [-0.4, -0.2) is 10.2 Å². The molecule has 5 heteroatoms. The van der Waals surface area contributed by atoms with Crippen molar-refractivity contribution in [2.45, 2.75) is 6.92 Å². The molecule has 0 unspecified atom stereocenters. The third kappa shape index (κ3) is 2.69. The molecule has 106 valence electrons. The molecular formula is C16H13BrClN3. The number of benzene rings is 2. The van der Waals surface area contributed by atoms with Gasteiger partial charge in [-0.25, -0.2) is 0 Å². The van der Waals surface area contributed by atoms with Crippen molar-refractivity contribution in [2.75, 3.05) is 5.73 Å². The number of aromatic amines is 1. The first-order valence-electron chi connectivity index (χ1n) is 6.42. The van der Waals surface area contributed by atoms with E-state index >= 15 is 0 Å². The molecule has 3 aromatic rings. The Morgan fingerprint density at radius 2 is 2.00 bits per heavy atom. The molecule has 1 heterocycles. The molecule has 0 aliphatic rings. The molecule has 1 aromatic heterocycles. The highest BCUT2D eigenvalue weighted by Gasteiger charge is 2.16. The second-order valence-electron chi connectivity index (χ2n) is 4.85. The van der Waals surface area contributed by atoms with Gasteiger partial charge in [0.05, 0.1) is 11.3 Å². The standard InChI is InChI=1S/C16H13BrClN3/c1-9-3-2-4-10(7-9)14-15(20-21-16(14)19)12-6-5-11(18)8-13(12)17/h2-8H,1H3,(H3,19,20,21). The van der Waals surface area contributed by atoms with E-state index in [1.165, 1.54) is 5.56 Å². The summed E-state index contributed by atoms with van der Waals surface area (Å²) in [6.07, 6.45) is 0. The molecule has 0 amide bonds. The van der Waals surface area contributed by atoms with E-state index in [-0.39, 0.29) is 0 Å². The number of hydrogen-bond acceptors (Lipinski definition) is 2. The maximum atomic E-state index is 6.06. The van der Waals surface area contributed by atoms with E-state index in [9.17, 15) is 0 Å². The molecule has 0 saturated carbocycles. The summed E-state index contributed by atoms with van der Waals surface area (Å²) >= 11 is 9.55. The van der Waals surface area contributed by atoms with Crippen LogP contribution >= 0.6 is 27.5 Å². The highest BCUT2D eigenvalue weighted by Crippen LogP contribution is 2.38. The van der Waals surface area contributed by atoms with Gasteiger partial charge in [-0.2, -0.15) is 5.10 Å². The maximum Gasteiger partial charge on any atom is 0.153 e. The number of halogens is 2. The predicted octanol–water partition coefficient (Wildman–Crippen LogP) is 5.05. The van der Waals surface area contributed by atoms with Crippen LogP contribution in [0.15, 0.2) is 46.9 Å². The van der Waals surface area contributed by atoms with Crippen molar-refractivity contribution in [3.63, 3.8) is 0 Å². The number of nitrogens with two attached hydrogens (primary N) is 1. The van der Waals surface area contributed by atoms with E-state index in [1.54, 1.807) is 0 Å². The lowest BCUT2D eigenvalue weighted by molar-refractivity contribution is 1.10. The smallest absolute Gasteiger partial charge is 0.153 e. The van der Waals surface area contributed by atoms with Crippen LogP contribution in [-0.2, 0) is 0 Å². The number of aromatic nitrogens is 2. The lowest BCUT2D eigenvalue weighted by Gasteiger charge is -2.08. The van der Waals surface area contributed by atoms with Crippen molar-refractivity contribution in [1.82, 2.24) is 10.2 Å². The van der Waals surface area contributed by atoms with E-state index in [4.69, 9.17) is 17.3 Å². The fourth-order valence-electron chi connectivity index (χ4n) is 2.34. The summed E-state index contributed by atoms with van der Waals surface area (Å²) in [6.45, 7) is 2.05. The molecule has 3 nitrogen and oxygen atoms in total. The zero-order valence-electron chi connectivity index (χ0n) is 11.3. The topological polar surface area (TPSA) is 54.7 Å². The highest BCUT2D eigenvalue weighted by molar-refractivity contribution is 9.10. The first-order chi connectivity index (χ1) is 10.1. The van der Waals surface area contributed by atoms with Gasteiger partial charge in [-0.1, -0.05) is 63.4 Å². The van der Waals surface area contributed by atoms with Gasteiger partial charge < -0.3 is 5.73 Å². The Morgan fingerprint density at radius 1 is 1.19 bits per heavy atom. The molecule has 3 rings (SSSR count). The van der Waals surface area contributed by atoms with E-state index in [0.717, 1.165) is 26.9 Å². The summed E-state index contributed by atoms with van der Waals surface area (Å²) in [4.78, 5) is 0. The van der Waals surface area contributed by atoms with Crippen molar-refractivity contribution >= 4 is 33.3 Å². The van der Waals surface area contributed by atoms with E-state index in [0.29, 0.717) is 10.8 Å². The lowest BCUT2D eigenvalue weighted by atomic mass is 9.99. The van der Waals surface area contributed by atoms with Crippen LogP contribution in [0.3, 0.4) is 0 Å².